The van der Waals surface area contributed by atoms with E-state index in [0.29, 0.717) is 39.6 Å². The maximum atomic E-state index is 13.7. The van der Waals surface area contributed by atoms with Gasteiger partial charge in [-0.3, -0.25) is 14.5 Å². The predicted octanol–water partition coefficient (Wildman–Crippen LogP) is 4.03. The normalized spacial score (nSPS) is 16.4. The smallest absolute Gasteiger partial charge is 0.264 e. The number of para-hydroxylation sites is 2. The highest BCUT2D eigenvalue weighted by molar-refractivity contribution is 6.18. The number of carbonyl (C=O) groups excluding carboxylic acids is 2. The lowest BCUT2D eigenvalue weighted by molar-refractivity contribution is 0.0628. The Morgan fingerprint density at radius 3 is 2.25 bits per heavy atom. The van der Waals surface area contributed by atoms with Gasteiger partial charge in [0.25, 0.3) is 11.8 Å². The van der Waals surface area contributed by atoms with Gasteiger partial charge in [-0.15, -0.1) is 0 Å². The van der Waals surface area contributed by atoms with Crippen molar-refractivity contribution in [3.05, 3.63) is 82.9 Å². The molecule has 1 atom stereocenters. The van der Waals surface area contributed by atoms with E-state index in [1.807, 2.05) is 36.4 Å². The van der Waals surface area contributed by atoms with E-state index in [1.165, 1.54) is 14.2 Å². The predicted molar refractivity (Wildman–Crippen MR) is 118 cm³/mol. The Morgan fingerprint density at radius 2 is 1.50 bits per heavy atom. The molecule has 7 nitrogen and oxygen atoms in total. The molecule has 0 fully saturated rings. The molecule has 0 aromatic heterocycles. The molecule has 2 aliphatic heterocycles. The average Bonchev–Trinajstić information content (AvgIpc) is 3.13. The molecule has 0 bridgehead atoms. The maximum absolute atomic E-state index is 13.7. The van der Waals surface area contributed by atoms with E-state index in [-0.39, 0.29) is 18.4 Å². The fourth-order valence-corrected chi connectivity index (χ4v) is 4.60. The van der Waals surface area contributed by atoms with Gasteiger partial charge in [0.15, 0.2) is 11.5 Å². The monoisotopic (exact) mass is 430 g/mol. The van der Waals surface area contributed by atoms with E-state index < -0.39 is 6.17 Å². The third kappa shape index (κ3) is 2.74. The molecule has 2 heterocycles. The highest BCUT2D eigenvalue weighted by atomic mass is 16.5. The minimum Gasteiger partial charge on any atom is -0.496 e. The largest absolute Gasteiger partial charge is 0.496 e. The Hall–Kier alpha value is -4.00. The van der Waals surface area contributed by atoms with Gasteiger partial charge >= 0.3 is 0 Å². The minimum atomic E-state index is -0.607. The van der Waals surface area contributed by atoms with Gasteiger partial charge in [-0.2, -0.15) is 0 Å². The van der Waals surface area contributed by atoms with Gasteiger partial charge in [-0.05, 0) is 24.3 Å². The van der Waals surface area contributed by atoms with E-state index in [4.69, 9.17) is 14.2 Å². The van der Waals surface area contributed by atoms with Gasteiger partial charge in [-0.1, -0.05) is 36.4 Å². The molecule has 2 amide bonds. The summed E-state index contributed by atoms with van der Waals surface area (Å²) < 4.78 is 16.5. The minimum absolute atomic E-state index is 0.150. The van der Waals surface area contributed by atoms with Crippen LogP contribution in [-0.4, -0.2) is 38.0 Å². The lowest BCUT2D eigenvalue weighted by Gasteiger charge is -2.41. The van der Waals surface area contributed by atoms with Crippen LogP contribution in [0.1, 0.15) is 38.0 Å². The summed E-state index contributed by atoms with van der Waals surface area (Å²) in [6, 6.07) is 18.3. The van der Waals surface area contributed by atoms with E-state index >= 15 is 0 Å². The van der Waals surface area contributed by atoms with Gasteiger partial charge in [0.05, 0.1) is 44.7 Å². The van der Waals surface area contributed by atoms with Crippen LogP contribution < -0.4 is 19.1 Å². The third-order valence-corrected chi connectivity index (χ3v) is 6.02. The molecule has 0 radical (unpaired) electrons. The number of benzene rings is 3. The van der Waals surface area contributed by atoms with Crippen molar-refractivity contribution in [3.8, 4) is 17.2 Å². The van der Waals surface area contributed by atoms with Gasteiger partial charge in [0.1, 0.15) is 11.9 Å². The SMILES string of the molecule is COc1ccccc1CN1C(=O)c2ccccc2N2C(=O)c3c(ccc(OC)c3OC)C12. The van der Waals surface area contributed by atoms with Crippen LogP contribution >= 0.6 is 0 Å². The first-order chi connectivity index (χ1) is 15.6. The number of amides is 2. The van der Waals surface area contributed by atoms with Gasteiger partial charge < -0.3 is 19.1 Å². The number of rotatable bonds is 5. The standard InChI is InChI=1S/C25H22N2O5/c1-30-19-11-7-4-8-15(19)14-26-23-17-12-13-20(31-2)22(32-3)21(17)25(29)27(23)18-10-6-5-9-16(18)24(26)28/h4-13,23H,14H2,1-3H3. The lowest BCUT2D eigenvalue weighted by atomic mass is 10.0. The number of ether oxygens (including phenoxy) is 3. The van der Waals surface area contributed by atoms with Crippen LogP contribution in [0.15, 0.2) is 60.7 Å². The Kier molecular flexibility index (Phi) is 4.74. The van der Waals surface area contributed by atoms with Crippen LogP contribution in [0.2, 0.25) is 0 Å². The Balaban J connectivity index is 1.72. The van der Waals surface area contributed by atoms with Crippen molar-refractivity contribution in [2.75, 3.05) is 26.2 Å². The van der Waals surface area contributed by atoms with Crippen molar-refractivity contribution >= 4 is 17.5 Å². The molecule has 0 saturated carbocycles. The number of carbonyl (C=O) groups is 2. The first-order valence-corrected chi connectivity index (χ1v) is 10.2. The van der Waals surface area contributed by atoms with Gasteiger partial charge in [0, 0.05) is 11.1 Å². The molecule has 5 rings (SSSR count). The highest BCUT2D eigenvalue weighted by Crippen LogP contribution is 2.50. The zero-order valence-corrected chi connectivity index (χ0v) is 18.0. The van der Waals surface area contributed by atoms with E-state index in [1.54, 1.807) is 41.2 Å². The third-order valence-electron chi connectivity index (χ3n) is 6.02. The molecule has 0 saturated heterocycles. The van der Waals surface area contributed by atoms with Crippen LogP contribution in [0.5, 0.6) is 17.2 Å². The molecule has 0 N–H and O–H groups in total. The number of methoxy groups -OCH3 is 3. The zero-order chi connectivity index (χ0) is 22.4. The second-order valence-electron chi connectivity index (χ2n) is 7.58. The van der Waals surface area contributed by atoms with Crippen molar-refractivity contribution in [2.24, 2.45) is 0 Å². The quantitative estimate of drug-likeness (QED) is 0.612. The molecule has 3 aromatic carbocycles. The van der Waals surface area contributed by atoms with Crippen LogP contribution in [0.3, 0.4) is 0 Å². The van der Waals surface area contributed by atoms with Crippen molar-refractivity contribution in [3.63, 3.8) is 0 Å². The van der Waals surface area contributed by atoms with Crippen LogP contribution in [-0.2, 0) is 6.54 Å². The molecular weight excluding hydrogens is 408 g/mol. The first-order valence-electron chi connectivity index (χ1n) is 10.2. The highest BCUT2D eigenvalue weighted by Gasteiger charge is 2.49. The summed E-state index contributed by atoms with van der Waals surface area (Å²) in [7, 11) is 4.64. The summed E-state index contributed by atoms with van der Waals surface area (Å²) in [5.41, 5.74) is 3.02. The summed E-state index contributed by atoms with van der Waals surface area (Å²) in [5, 5.41) is 0. The fourth-order valence-electron chi connectivity index (χ4n) is 4.60. The van der Waals surface area contributed by atoms with Crippen molar-refractivity contribution < 1.29 is 23.8 Å². The molecular formula is C25H22N2O5. The Bertz CT molecular complexity index is 1240. The first kappa shape index (κ1) is 19.9. The Labute approximate surface area is 185 Å². The summed E-state index contributed by atoms with van der Waals surface area (Å²) in [6.07, 6.45) is -0.607. The number of nitrogens with zero attached hydrogens (tertiary/aromatic N) is 2. The number of hydrogen-bond acceptors (Lipinski definition) is 5. The molecule has 0 aliphatic carbocycles. The molecule has 162 valence electrons. The molecule has 0 spiro atoms. The van der Waals surface area contributed by atoms with Crippen molar-refractivity contribution in [2.45, 2.75) is 12.7 Å². The van der Waals surface area contributed by atoms with Crippen molar-refractivity contribution in [1.82, 2.24) is 4.90 Å². The maximum Gasteiger partial charge on any atom is 0.264 e. The number of fused-ring (bicyclic) bond motifs is 5. The summed E-state index contributed by atoms with van der Waals surface area (Å²) in [5.74, 6) is 1.14. The van der Waals surface area contributed by atoms with Crippen molar-refractivity contribution in [1.29, 1.82) is 0 Å². The molecule has 7 heteroatoms. The number of anilines is 1. The average molecular weight is 430 g/mol. The van der Waals surface area contributed by atoms with E-state index in [2.05, 4.69) is 0 Å². The molecule has 2 aliphatic rings. The summed E-state index contributed by atoms with van der Waals surface area (Å²) in [6.45, 7) is 0.277. The van der Waals surface area contributed by atoms with Gasteiger partial charge in [-0.25, -0.2) is 0 Å². The van der Waals surface area contributed by atoms with Crippen LogP contribution in [0.25, 0.3) is 0 Å². The second kappa shape index (κ2) is 7.60. The molecule has 1 unspecified atom stereocenters. The van der Waals surface area contributed by atoms with Crippen LogP contribution in [0.4, 0.5) is 5.69 Å². The second-order valence-corrected chi connectivity index (χ2v) is 7.58. The molecule has 3 aromatic rings. The van der Waals surface area contributed by atoms with E-state index in [9.17, 15) is 9.59 Å². The fraction of sp³-hybridized carbons (Fsp3) is 0.200. The zero-order valence-electron chi connectivity index (χ0n) is 18.0. The summed E-state index contributed by atoms with van der Waals surface area (Å²) >= 11 is 0. The number of hydrogen-bond donors (Lipinski definition) is 0. The van der Waals surface area contributed by atoms with E-state index in [0.717, 1.165) is 5.56 Å². The molecule has 32 heavy (non-hydrogen) atoms. The van der Waals surface area contributed by atoms with Gasteiger partial charge in [0.2, 0.25) is 0 Å². The Morgan fingerprint density at radius 1 is 0.781 bits per heavy atom. The topological polar surface area (TPSA) is 68.3 Å². The lowest BCUT2D eigenvalue weighted by Crippen LogP contribution is -2.47. The summed E-state index contributed by atoms with van der Waals surface area (Å²) in [4.78, 5) is 30.7. The van der Waals surface area contributed by atoms with Crippen LogP contribution in [0, 0.1) is 0 Å².